The van der Waals surface area contributed by atoms with Crippen LogP contribution in [0.1, 0.15) is 46.0 Å². The van der Waals surface area contributed by atoms with E-state index in [0.29, 0.717) is 0 Å². The molecule has 3 heteroatoms. The first kappa shape index (κ1) is 15.6. The van der Waals surface area contributed by atoms with Crippen molar-refractivity contribution < 1.29 is 9.53 Å². The Morgan fingerprint density at radius 1 is 1.15 bits per heavy atom. The van der Waals surface area contributed by atoms with Gasteiger partial charge in [0.25, 0.3) is 0 Å². The molecule has 20 heavy (non-hydrogen) atoms. The number of likely N-dealkylation sites (N-methyl/N-ethyl adjacent to an activating group) is 1. The average molecular weight is 279 g/mol. The summed E-state index contributed by atoms with van der Waals surface area (Å²) in [6.45, 7) is 6.56. The third kappa shape index (κ3) is 4.08. The van der Waals surface area contributed by atoms with Crippen molar-refractivity contribution in [2.24, 2.45) is 17.8 Å². The van der Waals surface area contributed by atoms with E-state index in [9.17, 15) is 4.79 Å². The maximum Gasteiger partial charge on any atom is 0.248 e. The van der Waals surface area contributed by atoms with Crippen LogP contribution in [-0.2, 0) is 9.53 Å². The Morgan fingerprint density at radius 2 is 1.75 bits per heavy atom. The topological polar surface area (TPSA) is 29.5 Å². The summed E-state index contributed by atoms with van der Waals surface area (Å²) in [5.41, 5.74) is 0. The van der Waals surface area contributed by atoms with Gasteiger partial charge in [0.2, 0.25) is 5.91 Å². The largest absolute Gasteiger partial charge is 0.372 e. The Kier molecular flexibility index (Phi) is 6.08. The van der Waals surface area contributed by atoms with Crippen LogP contribution in [0.3, 0.4) is 0 Å². The molecule has 0 saturated heterocycles. The van der Waals surface area contributed by atoms with Crippen molar-refractivity contribution in [3.63, 3.8) is 0 Å². The van der Waals surface area contributed by atoms with E-state index < -0.39 is 0 Å². The van der Waals surface area contributed by atoms with Crippen molar-refractivity contribution >= 4 is 5.91 Å². The average Bonchev–Trinajstić information content (AvgIpc) is 2.87. The zero-order chi connectivity index (χ0) is 14.4. The number of ether oxygens (including phenoxy) is 1. The Bertz CT molecular complexity index is 320. The summed E-state index contributed by atoms with van der Waals surface area (Å²) in [6.07, 6.45) is 11.1. The lowest BCUT2D eigenvalue weighted by Crippen LogP contribution is -2.33. The number of rotatable bonds is 7. The molecule has 1 amide bonds. The summed E-state index contributed by atoms with van der Waals surface area (Å²) < 4.78 is 5.59. The van der Waals surface area contributed by atoms with E-state index in [-0.39, 0.29) is 12.5 Å². The summed E-state index contributed by atoms with van der Waals surface area (Å²) in [5, 5.41) is 0. The zero-order valence-electron chi connectivity index (χ0n) is 13.0. The molecule has 0 heterocycles. The summed E-state index contributed by atoms with van der Waals surface area (Å²) in [7, 11) is 0. The maximum atomic E-state index is 11.8. The van der Waals surface area contributed by atoms with Crippen LogP contribution in [0.5, 0.6) is 0 Å². The molecule has 114 valence electrons. The highest BCUT2D eigenvalue weighted by Gasteiger charge is 2.33. The van der Waals surface area contributed by atoms with Crippen molar-refractivity contribution in [1.82, 2.24) is 4.90 Å². The summed E-state index contributed by atoms with van der Waals surface area (Å²) in [4.78, 5) is 13.6. The van der Waals surface area contributed by atoms with Crippen molar-refractivity contribution in [3.8, 4) is 0 Å². The molecule has 2 aliphatic carbocycles. The molecule has 2 aliphatic rings. The van der Waals surface area contributed by atoms with Gasteiger partial charge in [0, 0.05) is 19.7 Å². The van der Waals surface area contributed by atoms with E-state index in [1.54, 1.807) is 0 Å². The molecule has 0 spiro atoms. The molecule has 3 atom stereocenters. The summed E-state index contributed by atoms with van der Waals surface area (Å²) >= 11 is 0. The molecule has 2 rings (SSSR count). The van der Waals surface area contributed by atoms with Gasteiger partial charge in [-0.1, -0.05) is 12.2 Å². The van der Waals surface area contributed by atoms with Crippen LogP contribution in [0.15, 0.2) is 12.2 Å². The fourth-order valence-corrected chi connectivity index (χ4v) is 3.77. The van der Waals surface area contributed by atoms with Crippen molar-refractivity contribution in [3.05, 3.63) is 12.2 Å². The van der Waals surface area contributed by atoms with Gasteiger partial charge >= 0.3 is 0 Å². The van der Waals surface area contributed by atoms with Crippen LogP contribution in [-0.4, -0.2) is 37.1 Å². The van der Waals surface area contributed by atoms with Gasteiger partial charge in [-0.15, -0.1) is 0 Å². The Balaban J connectivity index is 1.59. The lowest BCUT2D eigenvalue weighted by atomic mass is 9.86. The first-order chi connectivity index (χ1) is 9.74. The number of allylic oxidation sites excluding steroid dienone is 2. The lowest BCUT2D eigenvalue weighted by Gasteiger charge is -2.19. The first-order valence-corrected chi connectivity index (χ1v) is 8.25. The van der Waals surface area contributed by atoms with E-state index in [1.165, 1.54) is 25.7 Å². The molecule has 0 N–H and O–H groups in total. The van der Waals surface area contributed by atoms with Crippen LogP contribution in [0.4, 0.5) is 0 Å². The number of fused-ring (bicyclic) bond motifs is 1. The molecular formula is C17H29NO2. The van der Waals surface area contributed by atoms with E-state index in [1.807, 2.05) is 18.7 Å². The molecule has 0 aromatic heterocycles. The molecule has 0 aromatic carbocycles. The van der Waals surface area contributed by atoms with Gasteiger partial charge in [0.1, 0.15) is 6.61 Å². The van der Waals surface area contributed by atoms with Gasteiger partial charge in [0.15, 0.2) is 0 Å². The van der Waals surface area contributed by atoms with Crippen LogP contribution >= 0.6 is 0 Å². The minimum Gasteiger partial charge on any atom is -0.372 e. The van der Waals surface area contributed by atoms with E-state index in [2.05, 4.69) is 12.2 Å². The van der Waals surface area contributed by atoms with Gasteiger partial charge in [0.05, 0.1) is 0 Å². The summed E-state index contributed by atoms with van der Waals surface area (Å²) in [5.74, 6) is 2.78. The predicted octanol–water partition coefficient (Wildman–Crippen LogP) is 3.25. The molecule has 0 radical (unpaired) electrons. The SMILES string of the molecule is CCN(CC)C(=O)COCCC1C[C@H]2CC=CC[C@H]2C1. The van der Waals surface area contributed by atoms with Crippen molar-refractivity contribution in [2.45, 2.75) is 46.0 Å². The first-order valence-electron chi connectivity index (χ1n) is 8.25. The minimum atomic E-state index is 0.124. The van der Waals surface area contributed by atoms with Crippen LogP contribution in [0, 0.1) is 17.8 Å². The fraction of sp³-hybridized carbons (Fsp3) is 0.824. The van der Waals surface area contributed by atoms with Gasteiger partial charge in [-0.25, -0.2) is 0 Å². The van der Waals surface area contributed by atoms with E-state index >= 15 is 0 Å². The van der Waals surface area contributed by atoms with Crippen LogP contribution in [0.25, 0.3) is 0 Å². The fourth-order valence-electron chi connectivity index (χ4n) is 3.77. The van der Waals surface area contributed by atoms with Crippen LogP contribution in [0.2, 0.25) is 0 Å². The highest BCUT2D eigenvalue weighted by atomic mass is 16.5. The molecule has 3 nitrogen and oxygen atoms in total. The molecule has 0 bridgehead atoms. The Hall–Kier alpha value is -0.830. The minimum absolute atomic E-state index is 0.124. The van der Waals surface area contributed by atoms with E-state index in [0.717, 1.165) is 43.9 Å². The van der Waals surface area contributed by atoms with Crippen molar-refractivity contribution in [2.75, 3.05) is 26.3 Å². The van der Waals surface area contributed by atoms with Gasteiger partial charge in [-0.2, -0.15) is 0 Å². The predicted molar refractivity (Wildman–Crippen MR) is 81.4 cm³/mol. The second kappa shape index (κ2) is 7.82. The van der Waals surface area contributed by atoms with Gasteiger partial charge < -0.3 is 9.64 Å². The number of carbonyl (C=O) groups excluding carboxylic acids is 1. The highest BCUT2D eigenvalue weighted by molar-refractivity contribution is 5.77. The third-order valence-corrected chi connectivity index (χ3v) is 5.00. The number of hydrogen-bond acceptors (Lipinski definition) is 2. The molecule has 1 saturated carbocycles. The Morgan fingerprint density at radius 3 is 2.30 bits per heavy atom. The van der Waals surface area contributed by atoms with Crippen molar-refractivity contribution in [1.29, 1.82) is 0 Å². The monoisotopic (exact) mass is 279 g/mol. The maximum absolute atomic E-state index is 11.8. The Labute approximate surface area is 123 Å². The second-order valence-electron chi connectivity index (χ2n) is 6.21. The smallest absolute Gasteiger partial charge is 0.248 e. The number of amides is 1. The van der Waals surface area contributed by atoms with Gasteiger partial charge in [-0.05, 0) is 63.7 Å². The van der Waals surface area contributed by atoms with Crippen LogP contribution < -0.4 is 0 Å². The zero-order valence-corrected chi connectivity index (χ0v) is 13.0. The molecule has 1 fully saturated rings. The van der Waals surface area contributed by atoms with Gasteiger partial charge in [-0.3, -0.25) is 4.79 Å². The van der Waals surface area contributed by atoms with E-state index in [4.69, 9.17) is 4.74 Å². The third-order valence-electron chi connectivity index (χ3n) is 5.00. The lowest BCUT2D eigenvalue weighted by molar-refractivity contribution is -0.135. The quantitative estimate of drug-likeness (QED) is 0.529. The number of hydrogen-bond donors (Lipinski definition) is 0. The molecular weight excluding hydrogens is 250 g/mol. The normalized spacial score (nSPS) is 28.4. The standard InChI is InChI=1S/C17H29NO2/c1-3-18(4-2)17(19)13-20-10-9-14-11-15-7-5-6-8-16(15)12-14/h5-6,14-16H,3-4,7-13H2,1-2H3/t14?,15-,16+. The highest BCUT2D eigenvalue weighted by Crippen LogP contribution is 2.44. The number of carbonyl (C=O) groups is 1. The molecule has 1 unspecified atom stereocenters. The summed E-state index contributed by atoms with van der Waals surface area (Å²) in [6, 6.07) is 0. The second-order valence-corrected chi connectivity index (χ2v) is 6.21. The molecule has 0 aliphatic heterocycles. The number of nitrogens with zero attached hydrogens (tertiary/aromatic N) is 1. The molecule has 0 aromatic rings.